The second-order valence-electron chi connectivity index (χ2n) is 17.4. The third-order valence-electron chi connectivity index (χ3n) is 14.9. The molecule has 244 valence electrons. The van der Waals surface area contributed by atoms with Gasteiger partial charge in [0.05, 0.1) is 23.4 Å². The molecule has 0 radical (unpaired) electrons. The van der Waals surface area contributed by atoms with Gasteiger partial charge in [-0.1, -0.05) is 65.4 Å². The predicted octanol–water partition coefficient (Wildman–Crippen LogP) is 8.59. The Morgan fingerprint density at radius 2 is 1.73 bits per heavy atom. The van der Waals surface area contributed by atoms with E-state index in [1.807, 2.05) is 18.2 Å². The molecule has 5 aliphatic rings. The first-order valence-corrected chi connectivity index (χ1v) is 18.0. The molecule has 7 heteroatoms. The van der Waals surface area contributed by atoms with Crippen LogP contribution in [0.15, 0.2) is 29.8 Å². The number of rotatable bonds is 3. The number of benzene rings is 1. The predicted molar refractivity (Wildman–Crippen MR) is 180 cm³/mol. The SMILES string of the molecule is COc1ccc2nc(NC(=O)[C@@]3(C)CC[C@]4(C)CC[C@]5(C)C(=CC(=O)[C@@H]6[C@@]7(C)CC[C@H](O)C(C)(C)[C@@H]7CC[C@]65C)[C@@H]4C3)sc2c1. The molecule has 0 saturated heterocycles. The molecule has 1 heterocycles. The normalized spacial score (nSPS) is 43.8. The number of nitrogens with zero attached hydrogens (tertiary/aromatic N) is 1. The molecule has 1 amide bonds. The molecule has 2 aromatic rings. The fourth-order valence-electron chi connectivity index (χ4n) is 11.7. The van der Waals surface area contributed by atoms with E-state index in [-0.39, 0.29) is 50.9 Å². The van der Waals surface area contributed by atoms with Crippen molar-refractivity contribution in [2.24, 2.45) is 50.2 Å². The fraction of sp³-hybridized carbons (Fsp3) is 0.711. The van der Waals surface area contributed by atoms with Gasteiger partial charge in [-0.15, -0.1) is 0 Å². The smallest absolute Gasteiger partial charge is 0.232 e. The lowest BCUT2D eigenvalue weighted by atomic mass is 9.33. The molecule has 45 heavy (non-hydrogen) atoms. The number of aliphatic hydroxyl groups excluding tert-OH is 1. The third kappa shape index (κ3) is 4.24. The van der Waals surface area contributed by atoms with Crippen LogP contribution in [0.4, 0.5) is 5.13 Å². The third-order valence-corrected chi connectivity index (χ3v) is 15.9. The van der Waals surface area contributed by atoms with E-state index in [0.29, 0.717) is 16.8 Å². The summed E-state index contributed by atoms with van der Waals surface area (Å²) in [6.45, 7) is 16.3. The van der Waals surface area contributed by atoms with Gasteiger partial charge in [0.25, 0.3) is 0 Å². The van der Waals surface area contributed by atoms with Gasteiger partial charge in [0.15, 0.2) is 10.9 Å². The molecular weight excluding hydrogens is 580 g/mol. The lowest BCUT2D eigenvalue weighted by Gasteiger charge is -2.70. The molecule has 5 aliphatic carbocycles. The number of carbonyl (C=O) groups excluding carboxylic acids is 2. The zero-order valence-corrected chi connectivity index (χ0v) is 29.3. The van der Waals surface area contributed by atoms with Crippen molar-refractivity contribution in [2.45, 2.75) is 112 Å². The number of thiazole rings is 1. The van der Waals surface area contributed by atoms with Crippen LogP contribution in [-0.4, -0.2) is 35.0 Å². The van der Waals surface area contributed by atoms with Gasteiger partial charge in [-0.3, -0.25) is 9.59 Å². The summed E-state index contributed by atoms with van der Waals surface area (Å²) in [5, 5.41) is 14.8. The molecular formula is C38H52N2O4S. The summed E-state index contributed by atoms with van der Waals surface area (Å²) in [6.07, 6.45) is 10.3. The van der Waals surface area contributed by atoms with Crippen molar-refractivity contribution in [3.05, 3.63) is 29.8 Å². The van der Waals surface area contributed by atoms with Gasteiger partial charge in [-0.05, 0) is 121 Å². The Morgan fingerprint density at radius 3 is 2.47 bits per heavy atom. The summed E-state index contributed by atoms with van der Waals surface area (Å²) >= 11 is 1.48. The zero-order valence-electron chi connectivity index (χ0n) is 28.5. The molecule has 9 atom stereocenters. The van der Waals surface area contributed by atoms with Gasteiger partial charge in [0, 0.05) is 11.3 Å². The molecule has 1 aromatic carbocycles. The Bertz CT molecular complexity index is 1610. The minimum atomic E-state index is -0.549. The van der Waals surface area contributed by atoms with Crippen molar-refractivity contribution >= 4 is 38.4 Å². The van der Waals surface area contributed by atoms with Crippen LogP contribution in [-0.2, 0) is 9.59 Å². The van der Waals surface area contributed by atoms with Crippen LogP contribution in [0.1, 0.15) is 106 Å². The minimum absolute atomic E-state index is 0.0330. The van der Waals surface area contributed by atoms with E-state index in [0.717, 1.165) is 73.8 Å². The summed E-state index contributed by atoms with van der Waals surface area (Å²) in [6, 6.07) is 5.79. The number of anilines is 1. The van der Waals surface area contributed by atoms with E-state index in [2.05, 4.69) is 59.9 Å². The number of hydrogen-bond acceptors (Lipinski definition) is 6. The van der Waals surface area contributed by atoms with Crippen LogP contribution in [0, 0.1) is 50.2 Å². The van der Waals surface area contributed by atoms with Crippen molar-refractivity contribution in [3.63, 3.8) is 0 Å². The van der Waals surface area contributed by atoms with E-state index in [9.17, 15) is 14.7 Å². The van der Waals surface area contributed by atoms with Crippen LogP contribution >= 0.6 is 11.3 Å². The van der Waals surface area contributed by atoms with Crippen molar-refractivity contribution in [1.82, 2.24) is 4.98 Å². The summed E-state index contributed by atoms with van der Waals surface area (Å²) in [4.78, 5) is 33.4. The number of hydrogen-bond donors (Lipinski definition) is 2. The molecule has 4 saturated carbocycles. The summed E-state index contributed by atoms with van der Waals surface area (Å²) < 4.78 is 6.37. The largest absolute Gasteiger partial charge is 0.497 e. The lowest BCUT2D eigenvalue weighted by molar-refractivity contribution is -0.202. The number of carbonyl (C=O) groups is 2. The minimum Gasteiger partial charge on any atom is -0.497 e. The molecule has 0 spiro atoms. The number of fused-ring (bicyclic) bond motifs is 8. The van der Waals surface area contributed by atoms with Crippen LogP contribution in [0.3, 0.4) is 0 Å². The molecule has 0 unspecified atom stereocenters. The maximum atomic E-state index is 14.6. The molecule has 7 rings (SSSR count). The molecule has 4 fully saturated rings. The van der Waals surface area contributed by atoms with Gasteiger partial charge in [0.2, 0.25) is 5.91 Å². The van der Waals surface area contributed by atoms with Crippen LogP contribution < -0.4 is 10.1 Å². The Morgan fingerprint density at radius 1 is 1.00 bits per heavy atom. The molecule has 0 aliphatic heterocycles. The Balaban J connectivity index is 1.21. The van der Waals surface area contributed by atoms with Crippen molar-refractivity contribution in [1.29, 1.82) is 0 Å². The summed E-state index contributed by atoms with van der Waals surface area (Å²) in [5.74, 6) is 1.60. The van der Waals surface area contributed by atoms with Gasteiger partial charge in [-0.25, -0.2) is 4.98 Å². The number of ether oxygens (including phenoxy) is 1. The van der Waals surface area contributed by atoms with Gasteiger partial charge >= 0.3 is 0 Å². The first-order chi connectivity index (χ1) is 21.0. The Hall–Kier alpha value is -2.25. The Kier molecular flexibility index (Phi) is 6.89. The summed E-state index contributed by atoms with van der Waals surface area (Å²) in [7, 11) is 1.65. The topological polar surface area (TPSA) is 88.5 Å². The van der Waals surface area contributed by atoms with Crippen LogP contribution in [0.25, 0.3) is 10.2 Å². The fourth-order valence-corrected chi connectivity index (χ4v) is 12.6. The van der Waals surface area contributed by atoms with E-state index >= 15 is 0 Å². The summed E-state index contributed by atoms with van der Waals surface area (Å²) in [5.41, 5.74) is 1.16. The standard InChI is InChI=1S/C38H52N2O4S/c1-33(2)28-11-14-38(7)30(36(28,5)13-12-29(33)42)26(41)20-23-24-21-35(4,16-15-34(24,3)17-18-37(23,38)6)31(43)40-32-39-25-10-9-22(44-8)19-27(25)45-32/h9-10,19-20,24,28-30,42H,11-18,21H2,1-8H3,(H,39,40,43)/t24-,28-,29-,30+,34+,35-,36-,37+,38+/m0/s1. The average molecular weight is 633 g/mol. The molecule has 6 nitrogen and oxygen atoms in total. The Labute approximate surface area is 272 Å². The second-order valence-corrected chi connectivity index (χ2v) is 18.5. The molecule has 2 N–H and O–H groups in total. The highest BCUT2D eigenvalue weighted by Gasteiger charge is 2.70. The van der Waals surface area contributed by atoms with E-state index in [1.165, 1.54) is 16.9 Å². The average Bonchev–Trinajstić information content (AvgIpc) is 3.38. The quantitative estimate of drug-likeness (QED) is 0.354. The highest BCUT2D eigenvalue weighted by molar-refractivity contribution is 7.22. The number of methoxy groups -OCH3 is 1. The van der Waals surface area contributed by atoms with Crippen molar-refractivity contribution in [3.8, 4) is 5.75 Å². The lowest BCUT2D eigenvalue weighted by Crippen LogP contribution is -2.66. The van der Waals surface area contributed by atoms with E-state index < -0.39 is 5.41 Å². The highest BCUT2D eigenvalue weighted by Crippen LogP contribution is 2.75. The number of nitrogens with one attached hydrogen (secondary N) is 1. The second kappa shape index (κ2) is 9.88. The monoisotopic (exact) mass is 632 g/mol. The van der Waals surface area contributed by atoms with Gasteiger partial charge in [0.1, 0.15) is 5.75 Å². The van der Waals surface area contributed by atoms with Crippen molar-refractivity contribution in [2.75, 3.05) is 12.4 Å². The maximum Gasteiger partial charge on any atom is 0.232 e. The number of allylic oxidation sites excluding steroid dienone is 2. The van der Waals surface area contributed by atoms with Crippen LogP contribution in [0.2, 0.25) is 0 Å². The van der Waals surface area contributed by atoms with E-state index in [4.69, 9.17) is 9.72 Å². The number of aliphatic hydroxyl groups is 1. The zero-order chi connectivity index (χ0) is 32.4. The van der Waals surface area contributed by atoms with Gasteiger partial charge in [-0.2, -0.15) is 0 Å². The first-order valence-electron chi connectivity index (χ1n) is 17.2. The number of aromatic nitrogens is 1. The van der Waals surface area contributed by atoms with Crippen molar-refractivity contribution < 1.29 is 19.4 Å². The number of ketones is 1. The molecule has 0 bridgehead atoms. The van der Waals surface area contributed by atoms with Gasteiger partial charge < -0.3 is 15.2 Å². The molecule has 1 aromatic heterocycles. The van der Waals surface area contributed by atoms with E-state index in [1.54, 1.807) is 7.11 Å². The highest BCUT2D eigenvalue weighted by atomic mass is 32.1. The van der Waals surface area contributed by atoms with Crippen LogP contribution in [0.5, 0.6) is 5.75 Å². The first kappa shape index (κ1) is 31.4. The maximum absolute atomic E-state index is 14.6. The number of amides is 1.